The van der Waals surface area contributed by atoms with Crippen molar-refractivity contribution in [1.29, 1.82) is 0 Å². The number of amides is 1. The Bertz CT molecular complexity index is 467. The fraction of sp³-hybridized carbons (Fsp3) is 0.533. The topological polar surface area (TPSA) is 41.1 Å². The van der Waals surface area contributed by atoms with Crippen LogP contribution in [0.1, 0.15) is 31.7 Å². The van der Waals surface area contributed by atoms with Crippen LogP contribution >= 0.6 is 0 Å². The number of hydrogen-bond donors (Lipinski definition) is 2. The minimum Gasteiger partial charge on any atom is -0.326 e. The molecule has 1 aromatic carbocycles. The zero-order chi connectivity index (χ0) is 13.9. The van der Waals surface area contributed by atoms with Crippen LogP contribution in [0.15, 0.2) is 18.2 Å². The maximum absolute atomic E-state index is 13.2. The lowest BCUT2D eigenvalue weighted by atomic mass is 9.77. The van der Waals surface area contributed by atoms with Crippen LogP contribution in [0.2, 0.25) is 0 Å². The quantitative estimate of drug-likeness (QED) is 0.881. The van der Waals surface area contributed by atoms with Crippen molar-refractivity contribution >= 4 is 11.6 Å². The Morgan fingerprint density at radius 2 is 2.32 bits per heavy atom. The van der Waals surface area contributed by atoms with E-state index in [4.69, 9.17) is 0 Å². The molecule has 1 heterocycles. The van der Waals surface area contributed by atoms with Gasteiger partial charge in [0.15, 0.2) is 0 Å². The standard InChI is InChI=1S/C15H21FN2O/c1-3-15(7-4-8-17-10-15)14(19)18-12-5-6-13(16)11(2)9-12/h5-6,9,17H,3-4,7-8,10H2,1-2H3,(H,18,19). The molecule has 0 spiro atoms. The molecule has 1 aliphatic rings. The summed E-state index contributed by atoms with van der Waals surface area (Å²) in [6, 6.07) is 4.68. The van der Waals surface area contributed by atoms with Gasteiger partial charge in [-0.25, -0.2) is 4.39 Å². The molecule has 0 aromatic heterocycles. The van der Waals surface area contributed by atoms with Crippen LogP contribution in [0.25, 0.3) is 0 Å². The van der Waals surface area contributed by atoms with Crippen LogP contribution < -0.4 is 10.6 Å². The smallest absolute Gasteiger partial charge is 0.231 e. The van der Waals surface area contributed by atoms with E-state index < -0.39 is 0 Å². The monoisotopic (exact) mass is 264 g/mol. The molecule has 1 aromatic rings. The van der Waals surface area contributed by atoms with Gasteiger partial charge in [-0.3, -0.25) is 4.79 Å². The van der Waals surface area contributed by atoms with Gasteiger partial charge in [0.2, 0.25) is 5.91 Å². The number of anilines is 1. The number of halogens is 1. The highest BCUT2D eigenvalue weighted by Crippen LogP contribution is 2.31. The summed E-state index contributed by atoms with van der Waals surface area (Å²) in [6.45, 7) is 5.44. The molecule has 1 saturated heterocycles. The van der Waals surface area contributed by atoms with Gasteiger partial charge in [0.05, 0.1) is 5.41 Å². The molecule has 0 bridgehead atoms. The van der Waals surface area contributed by atoms with Gasteiger partial charge in [0.1, 0.15) is 5.82 Å². The Hall–Kier alpha value is -1.42. The van der Waals surface area contributed by atoms with Crippen molar-refractivity contribution in [2.24, 2.45) is 5.41 Å². The van der Waals surface area contributed by atoms with Crippen LogP contribution in [-0.2, 0) is 4.79 Å². The highest BCUT2D eigenvalue weighted by atomic mass is 19.1. The van der Waals surface area contributed by atoms with E-state index in [2.05, 4.69) is 10.6 Å². The average Bonchev–Trinajstić information content (AvgIpc) is 2.43. The summed E-state index contributed by atoms with van der Waals surface area (Å²) in [5.74, 6) is -0.212. The SMILES string of the molecule is CCC1(C(=O)Nc2ccc(F)c(C)c2)CCCNC1. The summed E-state index contributed by atoms with van der Waals surface area (Å²) in [7, 11) is 0. The zero-order valence-electron chi connectivity index (χ0n) is 11.6. The molecule has 19 heavy (non-hydrogen) atoms. The third kappa shape index (κ3) is 2.95. The molecule has 2 N–H and O–H groups in total. The van der Waals surface area contributed by atoms with E-state index in [1.165, 1.54) is 6.07 Å². The number of piperidine rings is 1. The average molecular weight is 264 g/mol. The lowest BCUT2D eigenvalue weighted by Crippen LogP contribution is -2.47. The fourth-order valence-corrected chi connectivity index (χ4v) is 2.61. The normalized spacial score (nSPS) is 23.1. The van der Waals surface area contributed by atoms with E-state index in [0.717, 1.165) is 32.4 Å². The first-order valence-corrected chi connectivity index (χ1v) is 6.86. The summed E-state index contributed by atoms with van der Waals surface area (Å²) in [4.78, 5) is 12.5. The summed E-state index contributed by atoms with van der Waals surface area (Å²) in [6.07, 6.45) is 2.73. The Kier molecular flexibility index (Phi) is 4.20. The highest BCUT2D eigenvalue weighted by Gasteiger charge is 2.37. The molecule has 1 atom stereocenters. The first kappa shape index (κ1) is 14.0. The Labute approximate surface area is 113 Å². The summed E-state index contributed by atoms with van der Waals surface area (Å²) in [5, 5.41) is 6.22. The molecule has 104 valence electrons. The maximum atomic E-state index is 13.2. The van der Waals surface area contributed by atoms with E-state index in [0.29, 0.717) is 11.3 Å². The van der Waals surface area contributed by atoms with Gasteiger partial charge in [0.25, 0.3) is 0 Å². The highest BCUT2D eigenvalue weighted by molar-refractivity contribution is 5.95. The molecule has 0 saturated carbocycles. The Balaban J connectivity index is 2.12. The van der Waals surface area contributed by atoms with Gasteiger partial charge in [0, 0.05) is 12.2 Å². The van der Waals surface area contributed by atoms with Crippen LogP contribution in [0.4, 0.5) is 10.1 Å². The van der Waals surface area contributed by atoms with Crippen molar-refractivity contribution in [2.45, 2.75) is 33.1 Å². The van der Waals surface area contributed by atoms with Gasteiger partial charge in [-0.1, -0.05) is 6.92 Å². The molecular weight excluding hydrogens is 243 g/mol. The lowest BCUT2D eigenvalue weighted by Gasteiger charge is -2.35. The second-order valence-corrected chi connectivity index (χ2v) is 5.33. The van der Waals surface area contributed by atoms with Crippen LogP contribution in [0, 0.1) is 18.2 Å². The van der Waals surface area contributed by atoms with E-state index in [1.54, 1.807) is 19.1 Å². The van der Waals surface area contributed by atoms with E-state index in [-0.39, 0.29) is 17.1 Å². The number of nitrogens with one attached hydrogen (secondary N) is 2. The van der Waals surface area contributed by atoms with Gasteiger partial charge < -0.3 is 10.6 Å². The second-order valence-electron chi connectivity index (χ2n) is 5.33. The third-order valence-electron chi connectivity index (χ3n) is 4.05. The molecule has 1 fully saturated rings. The van der Waals surface area contributed by atoms with Gasteiger partial charge in [-0.2, -0.15) is 0 Å². The summed E-state index contributed by atoms with van der Waals surface area (Å²) < 4.78 is 13.2. The van der Waals surface area contributed by atoms with Crippen molar-refractivity contribution in [1.82, 2.24) is 5.32 Å². The minimum absolute atomic E-state index is 0.0354. The summed E-state index contributed by atoms with van der Waals surface area (Å²) >= 11 is 0. The molecule has 4 heteroatoms. The number of carbonyl (C=O) groups excluding carboxylic acids is 1. The van der Waals surface area contributed by atoms with Crippen molar-refractivity contribution in [2.75, 3.05) is 18.4 Å². The number of hydrogen-bond acceptors (Lipinski definition) is 2. The van der Waals surface area contributed by atoms with Crippen LogP contribution in [0.3, 0.4) is 0 Å². The Morgan fingerprint density at radius 3 is 2.89 bits per heavy atom. The first-order chi connectivity index (χ1) is 9.07. The van der Waals surface area contributed by atoms with Crippen LogP contribution in [0.5, 0.6) is 0 Å². The van der Waals surface area contributed by atoms with E-state index >= 15 is 0 Å². The number of carbonyl (C=O) groups is 1. The molecule has 1 amide bonds. The molecule has 1 unspecified atom stereocenters. The van der Waals surface area contributed by atoms with Crippen molar-refractivity contribution in [3.63, 3.8) is 0 Å². The van der Waals surface area contributed by atoms with Gasteiger partial charge >= 0.3 is 0 Å². The third-order valence-corrected chi connectivity index (χ3v) is 4.05. The fourth-order valence-electron chi connectivity index (χ4n) is 2.61. The van der Waals surface area contributed by atoms with Crippen molar-refractivity contribution in [3.8, 4) is 0 Å². The van der Waals surface area contributed by atoms with Gasteiger partial charge in [-0.15, -0.1) is 0 Å². The van der Waals surface area contributed by atoms with Crippen molar-refractivity contribution in [3.05, 3.63) is 29.6 Å². The molecule has 0 radical (unpaired) electrons. The predicted octanol–water partition coefficient (Wildman–Crippen LogP) is 2.85. The predicted molar refractivity (Wildman–Crippen MR) is 74.6 cm³/mol. The Morgan fingerprint density at radius 1 is 1.53 bits per heavy atom. The van der Waals surface area contributed by atoms with E-state index in [1.807, 2.05) is 6.92 Å². The van der Waals surface area contributed by atoms with Crippen LogP contribution in [-0.4, -0.2) is 19.0 Å². The minimum atomic E-state index is -0.333. The number of aryl methyl sites for hydroxylation is 1. The number of rotatable bonds is 3. The zero-order valence-corrected chi connectivity index (χ0v) is 11.6. The lowest BCUT2D eigenvalue weighted by molar-refractivity contribution is -0.126. The number of benzene rings is 1. The first-order valence-electron chi connectivity index (χ1n) is 6.86. The van der Waals surface area contributed by atoms with E-state index in [9.17, 15) is 9.18 Å². The molecular formula is C15H21FN2O. The van der Waals surface area contributed by atoms with Gasteiger partial charge in [-0.05, 0) is 56.5 Å². The maximum Gasteiger partial charge on any atom is 0.231 e. The largest absolute Gasteiger partial charge is 0.326 e. The second kappa shape index (κ2) is 5.70. The molecule has 1 aliphatic heterocycles. The summed E-state index contributed by atoms with van der Waals surface area (Å²) in [5.41, 5.74) is 0.882. The molecule has 0 aliphatic carbocycles. The molecule has 2 rings (SSSR count). The molecule has 3 nitrogen and oxygen atoms in total. The van der Waals surface area contributed by atoms with Crippen molar-refractivity contribution < 1.29 is 9.18 Å².